The minimum Gasteiger partial charge on any atom is -0.480 e. The molecule has 0 radical (unpaired) electrons. The Morgan fingerprint density at radius 1 is 0.655 bits per heavy atom. The maximum absolute atomic E-state index is 12.6. The molecule has 5 atom stereocenters. The normalized spacial score (nSPS) is 17.8. The van der Waals surface area contributed by atoms with Crippen LogP contribution in [0.4, 0.5) is 0 Å². The van der Waals surface area contributed by atoms with Crippen molar-refractivity contribution in [3.8, 4) is 0 Å². The maximum Gasteiger partial charge on any atom is 0.472 e. The number of phosphoric ester groups is 1. The van der Waals surface area contributed by atoms with Gasteiger partial charge < -0.3 is 29.9 Å². The lowest BCUT2D eigenvalue weighted by Gasteiger charge is -2.20. The number of carboxylic acids is 1. The van der Waals surface area contributed by atoms with Crippen LogP contribution < -0.4 is 5.73 Å². The van der Waals surface area contributed by atoms with Crippen LogP contribution in [0.5, 0.6) is 0 Å². The fourth-order valence-electron chi connectivity index (χ4n) is 5.80. The van der Waals surface area contributed by atoms with Gasteiger partial charge in [0.15, 0.2) is 6.10 Å². The quantitative estimate of drug-likeness (QED) is 0.0177. The fraction of sp³-hybridized carbons (Fsp3) is 0.786. The molecule has 4 N–H and O–H groups in total. The fourth-order valence-corrected chi connectivity index (χ4v) is 6.58. The van der Waals surface area contributed by atoms with E-state index in [1.165, 1.54) is 77.0 Å². The van der Waals surface area contributed by atoms with E-state index in [0.717, 1.165) is 44.9 Å². The highest BCUT2D eigenvalue weighted by Crippen LogP contribution is 2.43. The summed E-state index contributed by atoms with van der Waals surface area (Å²) in [7, 11) is -4.73. The van der Waals surface area contributed by atoms with Crippen molar-refractivity contribution in [3.63, 3.8) is 0 Å². The first kappa shape index (κ1) is 50.7. The SMILES string of the molecule is CCCCC/C=C\C/C=C\CC1OC1C/C=C\CCCC(=O)O[C@H](COC(=O)CCCCCCCCCCCCCCC)COP(=O)(O)OC[C@H](N)C(=O)O. The van der Waals surface area contributed by atoms with Gasteiger partial charge in [-0.3, -0.25) is 23.4 Å². The molecule has 1 aliphatic heterocycles. The molecule has 0 aromatic heterocycles. The van der Waals surface area contributed by atoms with Crippen LogP contribution >= 0.6 is 7.82 Å². The number of hydrogen-bond donors (Lipinski definition) is 3. The molecule has 1 saturated heterocycles. The summed E-state index contributed by atoms with van der Waals surface area (Å²) in [5, 5.41) is 8.88. The minimum absolute atomic E-state index is 0.0783. The van der Waals surface area contributed by atoms with Gasteiger partial charge in [0, 0.05) is 12.8 Å². The van der Waals surface area contributed by atoms with Crippen LogP contribution in [0.1, 0.15) is 168 Å². The smallest absolute Gasteiger partial charge is 0.472 e. The first-order valence-corrected chi connectivity index (χ1v) is 22.6. The molecule has 1 aliphatic rings. The van der Waals surface area contributed by atoms with Gasteiger partial charge in [0.25, 0.3) is 0 Å². The molecule has 55 heavy (non-hydrogen) atoms. The van der Waals surface area contributed by atoms with E-state index in [9.17, 15) is 23.8 Å². The maximum atomic E-state index is 12.6. The number of esters is 2. The van der Waals surface area contributed by atoms with Crippen LogP contribution in [0, 0.1) is 0 Å². The number of carbonyl (C=O) groups excluding carboxylic acids is 2. The van der Waals surface area contributed by atoms with E-state index in [1.54, 1.807) is 0 Å². The van der Waals surface area contributed by atoms with Crippen LogP contribution in [0.2, 0.25) is 0 Å². The monoisotopic (exact) mass is 799 g/mol. The molecule has 13 heteroatoms. The highest BCUT2D eigenvalue weighted by atomic mass is 31.2. The summed E-state index contributed by atoms with van der Waals surface area (Å²) in [6, 6.07) is -1.53. The third-order valence-corrected chi connectivity index (χ3v) is 10.2. The van der Waals surface area contributed by atoms with Gasteiger partial charge in [-0.2, -0.15) is 0 Å². The molecule has 3 unspecified atom stereocenters. The van der Waals surface area contributed by atoms with Gasteiger partial charge in [-0.15, -0.1) is 0 Å². The summed E-state index contributed by atoms with van der Waals surface area (Å²) in [5.41, 5.74) is 5.33. The third kappa shape index (κ3) is 31.4. The Kier molecular flexibility index (Phi) is 31.1. The van der Waals surface area contributed by atoms with Gasteiger partial charge in [-0.25, -0.2) is 4.57 Å². The zero-order valence-corrected chi connectivity index (χ0v) is 34.9. The van der Waals surface area contributed by atoms with Crippen LogP contribution in [0.15, 0.2) is 36.5 Å². The van der Waals surface area contributed by atoms with Crippen molar-refractivity contribution < 1.29 is 52.2 Å². The van der Waals surface area contributed by atoms with E-state index in [1.807, 2.05) is 6.08 Å². The van der Waals surface area contributed by atoms with Gasteiger partial charge in [-0.1, -0.05) is 140 Å². The van der Waals surface area contributed by atoms with E-state index >= 15 is 0 Å². The molecular weight excluding hydrogens is 725 g/mol. The molecule has 1 heterocycles. The lowest BCUT2D eigenvalue weighted by Crippen LogP contribution is -2.34. The van der Waals surface area contributed by atoms with Gasteiger partial charge >= 0.3 is 25.7 Å². The molecule has 0 aromatic carbocycles. The number of epoxide rings is 1. The summed E-state index contributed by atoms with van der Waals surface area (Å²) in [6.07, 6.45) is 36.7. The third-order valence-electron chi connectivity index (χ3n) is 9.29. The molecule has 0 spiro atoms. The molecule has 0 aliphatic carbocycles. The zero-order valence-electron chi connectivity index (χ0n) is 34.0. The predicted molar refractivity (Wildman–Crippen MR) is 216 cm³/mol. The Morgan fingerprint density at radius 3 is 1.76 bits per heavy atom. The largest absolute Gasteiger partial charge is 0.480 e. The standard InChI is InChI=1S/C42H74NO11P/c1-3-5-7-9-11-13-14-15-16-18-20-22-27-31-40(44)50-33-36(34-51-55(48,49)52-35-37(43)42(46)47)53-41(45)32-28-24-23-26-30-39-38(54-39)29-25-21-19-17-12-10-8-6-4-2/h12,17,21,23,25-26,36-39H,3-11,13-16,18-20,22,24,27-35,43H2,1-2H3,(H,46,47)(H,48,49)/b17-12-,25-21-,26-23-/t36-,37+,38?,39?/m1/s1. The number of hydrogen-bond acceptors (Lipinski definition) is 10. The number of ether oxygens (including phenoxy) is 3. The summed E-state index contributed by atoms with van der Waals surface area (Å²) < 4.78 is 38.4. The molecular formula is C42H74NO11P. The second-order valence-corrected chi connectivity index (χ2v) is 16.0. The predicted octanol–water partition coefficient (Wildman–Crippen LogP) is 9.83. The Hall–Kier alpha value is -2.34. The molecule has 1 rings (SSSR count). The highest BCUT2D eigenvalue weighted by Gasteiger charge is 2.36. The number of rotatable bonds is 38. The van der Waals surface area contributed by atoms with Crippen molar-refractivity contribution in [3.05, 3.63) is 36.5 Å². The van der Waals surface area contributed by atoms with E-state index in [0.29, 0.717) is 19.3 Å². The second kappa shape index (κ2) is 33.8. The topological polar surface area (TPSA) is 184 Å². The average molecular weight is 800 g/mol. The van der Waals surface area contributed by atoms with Crippen LogP contribution in [0.25, 0.3) is 0 Å². The Bertz CT molecular complexity index is 1140. The van der Waals surface area contributed by atoms with E-state index in [4.69, 9.17) is 29.6 Å². The summed E-state index contributed by atoms with van der Waals surface area (Å²) in [5.74, 6) is -2.46. The van der Waals surface area contributed by atoms with Crippen molar-refractivity contribution in [2.24, 2.45) is 5.73 Å². The molecule has 0 bridgehead atoms. The molecule has 1 fully saturated rings. The number of carbonyl (C=O) groups is 3. The van der Waals surface area contributed by atoms with Crippen molar-refractivity contribution >= 4 is 25.7 Å². The Morgan fingerprint density at radius 2 is 1.15 bits per heavy atom. The van der Waals surface area contributed by atoms with Gasteiger partial charge in [0.2, 0.25) is 0 Å². The summed E-state index contributed by atoms with van der Waals surface area (Å²) in [6.45, 7) is 2.70. The number of nitrogens with two attached hydrogens (primary N) is 1. The lowest BCUT2D eigenvalue weighted by atomic mass is 10.0. The molecule has 12 nitrogen and oxygen atoms in total. The van der Waals surface area contributed by atoms with Crippen LogP contribution in [-0.4, -0.2) is 72.1 Å². The van der Waals surface area contributed by atoms with Crippen LogP contribution in [0.3, 0.4) is 0 Å². The molecule has 318 valence electrons. The summed E-state index contributed by atoms with van der Waals surface area (Å²) >= 11 is 0. The zero-order chi connectivity index (χ0) is 40.4. The van der Waals surface area contributed by atoms with Crippen LogP contribution in [-0.2, 0) is 42.2 Å². The number of unbranched alkanes of at least 4 members (excludes halogenated alkanes) is 16. The lowest BCUT2D eigenvalue weighted by molar-refractivity contribution is -0.161. The Labute approximate surface area is 331 Å². The first-order chi connectivity index (χ1) is 26.6. The number of aliphatic carboxylic acids is 1. The Balaban J connectivity index is 2.35. The molecule has 0 aromatic rings. The van der Waals surface area contributed by atoms with Gasteiger partial charge in [0.05, 0.1) is 25.4 Å². The van der Waals surface area contributed by atoms with E-state index in [2.05, 4.69) is 48.8 Å². The average Bonchev–Trinajstić information content (AvgIpc) is 3.92. The molecule has 0 saturated carbocycles. The number of carboxylic acid groups (broad SMARTS) is 1. The number of phosphoric acid groups is 1. The van der Waals surface area contributed by atoms with E-state index < -0.39 is 51.1 Å². The number of allylic oxidation sites excluding steroid dienone is 4. The first-order valence-electron chi connectivity index (χ1n) is 21.1. The second-order valence-electron chi connectivity index (χ2n) is 14.5. The van der Waals surface area contributed by atoms with Gasteiger partial charge in [0.1, 0.15) is 12.6 Å². The van der Waals surface area contributed by atoms with E-state index in [-0.39, 0.29) is 31.7 Å². The van der Waals surface area contributed by atoms with Crippen molar-refractivity contribution in [1.82, 2.24) is 0 Å². The summed E-state index contributed by atoms with van der Waals surface area (Å²) in [4.78, 5) is 45.9. The molecule has 0 amide bonds. The highest BCUT2D eigenvalue weighted by molar-refractivity contribution is 7.47. The van der Waals surface area contributed by atoms with Gasteiger partial charge in [-0.05, 0) is 51.4 Å². The minimum atomic E-state index is -4.73. The van der Waals surface area contributed by atoms with Crippen molar-refractivity contribution in [2.45, 2.75) is 192 Å². The van der Waals surface area contributed by atoms with Crippen molar-refractivity contribution in [2.75, 3.05) is 19.8 Å². The van der Waals surface area contributed by atoms with Crippen molar-refractivity contribution in [1.29, 1.82) is 0 Å².